The van der Waals surface area contributed by atoms with E-state index >= 15 is 0 Å². The predicted molar refractivity (Wildman–Crippen MR) is 91.9 cm³/mol. The second-order valence-corrected chi connectivity index (χ2v) is 6.39. The number of nitrogens with zero attached hydrogens (tertiary/aromatic N) is 1. The van der Waals surface area contributed by atoms with Gasteiger partial charge in [-0.1, -0.05) is 12.1 Å². The molecule has 1 aromatic carbocycles. The molecule has 3 N–H and O–H groups in total. The molecule has 134 valence electrons. The highest BCUT2D eigenvalue weighted by atomic mass is 16.6. The Labute approximate surface area is 143 Å². The van der Waals surface area contributed by atoms with Gasteiger partial charge in [-0.3, -0.25) is 0 Å². The first-order valence-electron chi connectivity index (χ1n) is 7.83. The van der Waals surface area contributed by atoms with Gasteiger partial charge in [0.05, 0.1) is 0 Å². The third-order valence-electron chi connectivity index (χ3n) is 3.22. The van der Waals surface area contributed by atoms with Crippen LogP contribution in [0.25, 0.3) is 0 Å². The summed E-state index contributed by atoms with van der Waals surface area (Å²) in [6, 6.07) is 5.06. The average Bonchev–Trinajstić information content (AvgIpc) is 2.47. The van der Waals surface area contributed by atoms with Gasteiger partial charge in [0.25, 0.3) is 0 Å². The molecule has 1 rings (SSSR count). The molecular weight excluding hydrogens is 310 g/mol. The molecule has 3 amide bonds. The van der Waals surface area contributed by atoms with Gasteiger partial charge in [-0.2, -0.15) is 0 Å². The van der Waals surface area contributed by atoms with Crippen LogP contribution >= 0.6 is 0 Å². The Morgan fingerprint density at radius 3 is 2.50 bits per heavy atom. The number of imide groups is 1. The monoisotopic (exact) mass is 337 g/mol. The van der Waals surface area contributed by atoms with E-state index in [-0.39, 0.29) is 19.8 Å². The van der Waals surface area contributed by atoms with Gasteiger partial charge >= 0.3 is 12.1 Å². The van der Waals surface area contributed by atoms with Crippen molar-refractivity contribution in [3.8, 4) is 5.75 Å². The van der Waals surface area contributed by atoms with Crippen molar-refractivity contribution >= 4 is 12.1 Å². The molecule has 0 heterocycles. The lowest BCUT2D eigenvalue weighted by molar-refractivity contribution is 0.0321. The van der Waals surface area contributed by atoms with Crippen LogP contribution in [-0.2, 0) is 4.74 Å². The van der Waals surface area contributed by atoms with Gasteiger partial charge in [-0.25, -0.2) is 14.5 Å². The maximum Gasteiger partial charge on any atom is 0.418 e. The van der Waals surface area contributed by atoms with Gasteiger partial charge < -0.3 is 20.5 Å². The van der Waals surface area contributed by atoms with Crippen LogP contribution in [0.15, 0.2) is 18.2 Å². The standard InChI is InChI=1S/C17H27N3O4/c1-12-7-6-8-14(13(12)2)23-11-19-15(21)20(10-9-18)16(22)24-17(3,4)5/h6-8H,9-11,18H2,1-5H3,(H,19,21). The number of nitrogens with one attached hydrogen (secondary N) is 1. The number of carbonyl (C=O) groups is 2. The third-order valence-corrected chi connectivity index (χ3v) is 3.22. The minimum atomic E-state index is -0.739. The van der Waals surface area contributed by atoms with Crippen LogP contribution in [0.1, 0.15) is 31.9 Å². The number of ether oxygens (including phenoxy) is 2. The van der Waals surface area contributed by atoms with Crippen molar-refractivity contribution in [3.05, 3.63) is 29.3 Å². The van der Waals surface area contributed by atoms with E-state index in [0.29, 0.717) is 5.75 Å². The molecule has 0 aromatic heterocycles. The van der Waals surface area contributed by atoms with Crippen LogP contribution < -0.4 is 15.8 Å². The zero-order chi connectivity index (χ0) is 18.3. The summed E-state index contributed by atoms with van der Waals surface area (Å²) in [6.07, 6.45) is -0.739. The van der Waals surface area contributed by atoms with Crippen molar-refractivity contribution in [1.82, 2.24) is 10.2 Å². The van der Waals surface area contributed by atoms with Crippen molar-refractivity contribution < 1.29 is 19.1 Å². The summed E-state index contributed by atoms with van der Waals surface area (Å²) in [5, 5.41) is 2.54. The van der Waals surface area contributed by atoms with Crippen molar-refractivity contribution in [3.63, 3.8) is 0 Å². The van der Waals surface area contributed by atoms with Gasteiger partial charge in [0.2, 0.25) is 0 Å². The van der Waals surface area contributed by atoms with Crippen LogP contribution in [0.2, 0.25) is 0 Å². The fourth-order valence-corrected chi connectivity index (χ4v) is 1.87. The minimum Gasteiger partial charge on any atom is -0.473 e. The maximum atomic E-state index is 12.2. The number of rotatable bonds is 5. The van der Waals surface area contributed by atoms with Gasteiger partial charge in [0.15, 0.2) is 6.73 Å². The van der Waals surface area contributed by atoms with E-state index < -0.39 is 17.7 Å². The van der Waals surface area contributed by atoms with Crippen molar-refractivity contribution in [2.24, 2.45) is 5.73 Å². The molecule has 0 unspecified atom stereocenters. The smallest absolute Gasteiger partial charge is 0.418 e. The lowest BCUT2D eigenvalue weighted by Crippen LogP contribution is -2.48. The highest BCUT2D eigenvalue weighted by molar-refractivity contribution is 5.91. The molecule has 0 spiro atoms. The Morgan fingerprint density at radius 2 is 1.92 bits per heavy atom. The number of amides is 3. The SMILES string of the molecule is Cc1cccc(OCNC(=O)N(CCN)C(=O)OC(C)(C)C)c1C. The van der Waals surface area contributed by atoms with Crippen molar-refractivity contribution in [1.29, 1.82) is 0 Å². The topological polar surface area (TPSA) is 93.9 Å². The summed E-state index contributed by atoms with van der Waals surface area (Å²) in [5.41, 5.74) is 6.86. The fraction of sp³-hybridized carbons (Fsp3) is 0.529. The zero-order valence-corrected chi connectivity index (χ0v) is 15.0. The molecular formula is C17H27N3O4. The predicted octanol–water partition coefficient (Wildman–Crippen LogP) is 2.55. The molecule has 0 aliphatic heterocycles. The number of nitrogens with two attached hydrogens (primary N) is 1. The van der Waals surface area contributed by atoms with Gasteiger partial charge in [-0.05, 0) is 51.8 Å². The molecule has 7 nitrogen and oxygen atoms in total. The lowest BCUT2D eigenvalue weighted by atomic mass is 10.1. The summed E-state index contributed by atoms with van der Waals surface area (Å²) in [6.45, 7) is 9.25. The normalized spacial score (nSPS) is 10.9. The Morgan fingerprint density at radius 1 is 1.25 bits per heavy atom. The van der Waals surface area contributed by atoms with E-state index in [9.17, 15) is 9.59 Å². The van der Waals surface area contributed by atoms with E-state index in [1.807, 2.05) is 32.0 Å². The summed E-state index contributed by atoms with van der Waals surface area (Å²) in [7, 11) is 0. The summed E-state index contributed by atoms with van der Waals surface area (Å²) < 4.78 is 10.8. The van der Waals surface area contributed by atoms with Crippen molar-refractivity contribution in [2.45, 2.75) is 40.2 Å². The minimum absolute atomic E-state index is 0.0597. The van der Waals surface area contributed by atoms with Gasteiger partial charge in [0.1, 0.15) is 11.4 Å². The first-order chi connectivity index (χ1) is 11.2. The molecule has 24 heavy (non-hydrogen) atoms. The van der Waals surface area contributed by atoms with E-state index in [4.69, 9.17) is 15.2 Å². The second kappa shape index (κ2) is 8.54. The molecule has 0 saturated heterocycles. The molecule has 0 saturated carbocycles. The molecule has 0 aliphatic rings. The number of urea groups is 1. The Bertz CT molecular complexity index is 582. The summed E-state index contributed by atoms with van der Waals surface area (Å²) >= 11 is 0. The van der Waals surface area contributed by atoms with Crippen LogP contribution in [0, 0.1) is 13.8 Å². The molecule has 0 bridgehead atoms. The van der Waals surface area contributed by atoms with Crippen LogP contribution in [0.4, 0.5) is 9.59 Å². The fourth-order valence-electron chi connectivity index (χ4n) is 1.87. The van der Waals surface area contributed by atoms with E-state index in [1.54, 1.807) is 20.8 Å². The number of benzene rings is 1. The third kappa shape index (κ3) is 6.08. The summed E-state index contributed by atoms with van der Waals surface area (Å²) in [4.78, 5) is 25.2. The first-order valence-corrected chi connectivity index (χ1v) is 7.83. The van der Waals surface area contributed by atoms with Gasteiger partial charge in [0, 0.05) is 13.1 Å². The Hall–Kier alpha value is -2.28. The van der Waals surface area contributed by atoms with E-state index in [1.165, 1.54) is 0 Å². The van der Waals surface area contributed by atoms with Crippen LogP contribution in [0.3, 0.4) is 0 Å². The number of carbonyl (C=O) groups excluding carboxylic acids is 2. The lowest BCUT2D eigenvalue weighted by Gasteiger charge is -2.26. The van der Waals surface area contributed by atoms with Gasteiger partial charge in [-0.15, -0.1) is 0 Å². The first kappa shape index (κ1) is 19.8. The van der Waals surface area contributed by atoms with Crippen LogP contribution in [-0.4, -0.2) is 42.4 Å². The van der Waals surface area contributed by atoms with Crippen LogP contribution in [0.5, 0.6) is 5.75 Å². The summed E-state index contributed by atoms with van der Waals surface area (Å²) in [5.74, 6) is 0.679. The van der Waals surface area contributed by atoms with E-state index in [2.05, 4.69) is 5.32 Å². The van der Waals surface area contributed by atoms with Crippen molar-refractivity contribution in [2.75, 3.05) is 19.8 Å². The number of hydrogen-bond acceptors (Lipinski definition) is 5. The molecule has 1 aromatic rings. The Balaban J connectivity index is 2.62. The average molecular weight is 337 g/mol. The zero-order valence-electron chi connectivity index (χ0n) is 15.0. The molecule has 0 fully saturated rings. The highest BCUT2D eigenvalue weighted by Gasteiger charge is 2.26. The Kier molecular flexibility index (Phi) is 7.03. The van der Waals surface area contributed by atoms with E-state index in [0.717, 1.165) is 16.0 Å². The molecule has 7 heteroatoms. The quantitative estimate of drug-likeness (QED) is 0.805. The number of aryl methyl sites for hydroxylation is 1. The second-order valence-electron chi connectivity index (χ2n) is 6.39. The number of hydrogen-bond donors (Lipinski definition) is 2. The molecule has 0 atom stereocenters. The maximum absolute atomic E-state index is 12.2. The molecule has 0 radical (unpaired) electrons. The molecule has 0 aliphatic carbocycles. The highest BCUT2D eigenvalue weighted by Crippen LogP contribution is 2.20. The largest absolute Gasteiger partial charge is 0.473 e.